The summed E-state index contributed by atoms with van der Waals surface area (Å²) in [5.74, 6) is 1.17. The number of hydrogen-bond donors (Lipinski definition) is 2. The normalized spacial score (nSPS) is 11.5. The lowest BCUT2D eigenvalue weighted by molar-refractivity contribution is 0.104. The van der Waals surface area contributed by atoms with E-state index < -0.39 is 0 Å². The third kappa shape index (κ3) is 5.27. The zero-order chi connectivity index (χ0) is 18.2. The molecule has 2 amide bonds. The third-order valence-corrected chi connectivity index (χ3v) is 3.94. The highest BCUT2D eigenvalue weighted by molar-refractivity contribution is 6.31. The van der Waals surface area contributed by atoms with Crippen molar-refractivity contribution in [3.8, 4) is 11.5 Å². The second-order valence-corrected chi connectivity index (χ2v) is 5.59. The molecule has 0 saturated carbocycles. The fourth-order valence-electron chi connectivity index (χ4n) is 2.30. The Balaban J connectivity index is 1.99. The number of urea groups is 1. The average molecular weight is 365 g/mol. The van der Waals surface area contributed by atoms with Crippen LogP contribution >= 0.6 is 11.6 Å². The highest BCUT2D eigenvalue weighted by atomic mass is 35.5. The molecule has 0 heterocycles. The number of anilines is 1. The van der Waals surface area contributed by atoms with Crippen LogP contribution in [0, 0.1) is 0 Å². The molecular weight excluding hydrogens is 344 g/mol. The topological polar surface area (TPSA) is 68.8 Å². The molecule has 134 valence electrons. The number of nitrogens with one attached hydrogen (secondary N) is 2. The van der Waals surface area contributed by atoms with Gasteiger partial charge in [-0.2, -0.15) is 0 Å². The zero-order valence-corrected chi connectivity index (χ0v) is 15.1. The maximum atomic E-state index is 12.2. The van der Waals surface area contributed by atoms with Crippen molar-refractivity contribution in [2.75, 3.05) is 33.2 Å². The summed E-state index contributed by atoms with van der Waals surface area (Å²) in [6.45, 7) is 0.271. The number of benzene rings is 2. The van der Waals surface area contributed by atoms with Crippen LogP contribution in [0.1, 0.15) is 11.7 Å². The summed E-state index contributed by atoms with van der Waals surface area (Å²) in [6, 6.07) is 12.1. The van der Waals surface area contributed by atoms with E-state index in [0.29, 0.717) is 22.2 Å². The van der Waals surface area contributed by atoms with Gasteiger partial charge in [-0.3, -0.25) is 0 Å². The third-order valence-electron chi connectivity index (χ3n) is 3.59. The largest absolute Gasteiger partial charge is 0.497 e. The summed E-state index contributed by atoms with van der Waals surface area (Å²) < 4.78 is 15.8. The number of amides is 2. The molecule has 0 aliphatic heterocycles. The predicted molar refractivity (Wildman–Crippen MR) is 97.8 cm³/mol. The van der Waals surface area contributed by atoms with Crippen LogP contribution in [0.5, 0.6) is 11.5 Å². The molecule has 2 rings (SSSR count). The Morgan fingerprint density at radius 1 is 1.08 bits per heavy atom. The van der Waals surface area contributed by atoms with Crippen LogP contribution < -0.4 is 20.1 Å². The van der Waals surface area contributed by atoms with E-state index in [1.165, 1.54) is 0 Å². The fraction of sp³-hybridized carbons (Fsp3) is 0.278. The summed E-state index contributed by atoms with van der Waals surface area (Å²) in [5.41, 5.74) is 1.37. The molecule has 0 spiro atoms. The molecule has 0 fully saturated rings. The highest BCUT2D eigenvalue weighted by Gasteiger charge is 2.15. The van der Waals surface area contributed by atoms with Gasteiger partial charge in [0.1, 0.15) is 17.6 Å². The first kappa shape index (κ1) is 18.9. The maximum Gasteiger partial charge on any atom is 0.319 e. The van der Waals surface area contributed by atoms with Gasteiger partial charge in [0.25, 0.3) is 0 Å². The standard InChI is InChI=1S/C18H21ClN2O4/c1-23-13-8-12(9-14(10-13)24-2)21-18(22)20-11-17(25-3)15-6-4-5-7-16(15)19/h4-10,17H,11H2,1-3H3,(H2,20,21,22). The van der Waals surface area contributed by atoms with E-state index >= 15 is 0 Å². The molecule has 25 heavy (non-hydrogen) atoms. The molecule has 0 aliphatic rings. The van der Waals surface area contributed by atoms with Crippen molar-refractivity contribution < 1.29 is 19.0 Å². The zero-order valence-electron chi connectivity index (χ0n) is 14.3. The number of methoxy groups -OCH3 is 3. The molecule has 2 aromatic carbocycles. The van der Waals surface area contributed by atoms with Crippen molar-refractivity contribution in [1.82, 2.24) is 5.32 Å². The van der Waals surface area contributed by atoms with Gasteiger partial charge in [0, 0.05) is 48.1 Å². The van der Waals surface area contributed by atoms with E-state index in [1.807, 2.05) is 18.2 Å². The summed E-state index contributed by atoms with van der Waals surface area (Å²) >= 11 is 6.17. The summed E-state index contributed by atoms with van der Waals surface area (Å²) in [6.07, 6.45) is -0.348. The molecule has 2 N–H and O–H groups in total. The van der Waals surface area contributed by atoms with Crippen LogP contribution in [0.15, 0.2) is 42.5 Å². The van der Waals surface area contributed by atoms with Gasteiger partial charge in [-0.25, -0.2) is 4.79 Å². The lowest BCUT2D eigenvalue weighted by Crippen LogP contribution is -2.33. The van der Waals surface area contributed by atoms with Gasteiger partial charge >= 0.3 is 6.03 Å². The molecule has 0 bridgehead atoms. The van der Waals surface area contributed by atoms with Gasteiger partial charge in [0.2, 0.25) is 0 Å². The second kappa shape index (κ2) is 9.15. The van der Waals surface area contributed by atoms with Crippen molar-refractivity contribution in [2.45, 2.75) is 6.10 Å². The molecule has 0 radical (unpaired) electrons. The monoisotopic (exact) mass is 364 g/mol. The summed E-state index contributed by atoms with van der Waals surface area (Å²) in [4.78, 5) is 12.2. The number of hydrogen-bond acceptors (Lipinski definition) is 4. The van der Waals surface area contributed by atoms with E-state index in [4.69, 9.17) is 25.8 Å². The minimum Gasteiger partial charge on any atom is -0.497 e. The molecule has 1 unspecified atom stereocenters. The van der Waals surface area contributed by atoms with Gasteiger partial charge in [0.05, 0.1) is 14.2 Å². The molecule has 0 saturated heterocycles. The lowest BCUT2D eigenvalue weighted by Gasteiger charge is -2.18. The summed E-state index contributed by atoms with van der Waals surface area (Å²) in [7, 11) is 4.66. The van der Waals surface area contributed by atoms with Crippen molar-refractivity contribution >= 4 is 23.3 Å². The first-order valence-corrected chi connectivity index (χ1v) is 8.00. The molecule has 2 aromatic rings. The molecular formula is C18H21ClN2O4. The molecule has 1 atom stereocenters. The average Bonchev–Trinajstić information content (AvgIpc) is 2.63. The first-order valence-electron chi connectivity index (χ1n) is 7.62. The van der Waals surface area contributed by atoms with E-state index in [2.05, 4.69) is 10.6 Å². The Kier molecular flexibility index (Phi) is 6.91. The molecule has 0 aliphatic carbocycles. The van der Waals surface area contributed by atoms with Crippen LogP contribution in [0.2, 0.25) is 5.02 Å². The van der Waals surface area contributed by atoms with Gasteiger partial charge in [-0.05, 0) is 6.07 Å². The number of halogens is 1. The SMILES string of the molecule is COc1cc(NC(=O)NCC(OC)c2ccccc2Cl)cc(OC)c1. The van der Waals surface area contributed by atoms with Gasteiger partial charge in [0.15, 0.2) is 0 Å². The number of rotatable bonds is 7. The minimum atomic E-state index is -0.371. The van der Waals surface area contributed by atoms with Gasteiger partial charge in [-0.1, -0.05) is 29.8 Å². The van der Waals surface area contributed by atoms with Crippen molar-refractivity contribution in [3.63, 3.8) is 0 Å². The second-order valence-electron chi connectivity index (χ2n) is 5.18. The molecule has 7 heteroatoms. The van der Waals surface area contributed by atoms with Crippen molar-refractivity contribution in [2.24, 2.45) is 0 Å². The van der Waals surface area contributed by atoms with Crippen LogP contribution in [0.25, 0.3) is 0 Å². The Morgan fingerprint density at radius 2 is 1.72 bits per heavy atom. The summed E-state index contributed by atoms with van der Waals surface area (Å²) in [5, 5.41) is 6.10. The van der Waals surface area contributed by atoms with Crippen LogP contribution in [-0.4, -0.2) is 33.9 Å². The van der Waals surface area contributed by atoms with E-state index in [1.54, 1.807) is 45.6 Å². The smallest absolute Gasteiger partial charge is 0.319 e. The molecule has 6 nitrogen and oxygen atoms in total. The first-order chi connectivity index (χ1) is 12.1. The minimum absolute atomic E-state index is 0.271. The quantitative estimate of drug-likeness (QED) is 0.782. The maximum absolute atomic E-state index is 12.2. The van der Waals surface area contributed by atoms with Gasteiger partial charge < -0.3 is 24.8 Å². The van der Waals surface area contributed by atoms with Crippen molar-refractivity contribution in [1.29, 1.82) is 0 Å². The Bertz CT molecular complexity index is 702. The van der Waals surface area contributed by atoms with Crippen molar-refractivity contribution in [3.05, 3.63) is 53.1 Å². The Morgan fingerprint density at radius 3 is 2.28 bits per heavy atom. The lowest BCUT2D eigenvalue weighted by atomic mass is 10.1. The van der Waals surface area contributed by atoms with Crippen LogP contribution in [0.4, 0.5) is 10.5 Å². The fourth-order valence-corrected chi connectivity index (χ4v) is 2.55. The van der Waals surface area contributed by atoms with Crippen LogP contribution in [-0.2, 0) is 4.74 Å². The Labute approximate surface area is 152 Å². The van der Waals surface area contributed by atoms with E-state index in [9.17, 15) is 4.79 Å². The highest BCUT2D eigenvalue weighted by Crippen LogP contribution is 2.26. The van der Waals surface area contributed by atoms with E-state index in [0.717, 1.165) is 5.56 Å². The van der Waals surface area contributed by atoms with E-state index in [-0.39, 0.29) is 18.7 Å². The predicted octanol–water partition coefficient (Wildman–Crippen LogP) is 3.87. The Hall–Kier alpha value is -2.44. The number of ether oxygens (including phenoxy) is 3. The van der Waals surface area contributed by atoms with Gasteiger partial charge in [-0.15, -0.1) is 0 Å². The van der Waals surface area contributed by atoms with Crippen LogP contribution in [0.3, 0.4) is 0 Å². The number of carbonyl (C=O) groups excluding carboxylic acids is 1. The number of carbonyl (C=O) groups is 1. The molecule has 0 aromatic heterocycles.